The minimum Gasteiger partial charge on any atom is -0.464 e. The summed E-state index contributed by atoms with van der Waals surface area (Å²) < 4.78 is 6.19. The first-order chi connectivity index (χ1) is 15.7. The highest BCUT2D eigenvalue weighted by Crippen LogP contribution is 2.32. The molecule has 1 aromatic carbocycles. The number of nitrogens with one attached hydrogen (secondary N) is 1. The number of esters is 1. The van der Waals surface area contributed by atoms with Gasteiger partial charge in [-0.3, -0.25) is 14.3 Å². The number of fused-ring (bicyclic) bond motifs is 1. The van der Waals surface area contributed by atoms with Gasteiger partial charge in [0.15, 0.2) is 5.69 Å². The third-order valence-electron chi connectivity index (χ3n) is 6.82. The zero-order chi connectivity index (χ0) is 23.8. The molecule has 2 heterocycles. The van der Waals surface area contributed by atoms with Crippen LogP contribution in [0.5, 0.6) is 0 Å². The molecule has 4 rings (SSSR count). The van der Waals surface area contributed by atoms with Crippen LogP contribution in [-0.4, -0.2) is 51.2 Å². The van der Waals surface area contributed by atoms with E-state index in [9.17, 15) is 14.4 Å². The Morgan fingerprint density at radius 1 is 1.24 bits per heavy atom. The Hall–Kier alpha value is -2.87. The van der Waals surface area contributed by atoms with E-state index in [2.05, 4.69) is 17.3 Å². The van der Waals surface area contributed by atoms with Crippen molar-refractivity contribution in [1.82, 2.24) is 20.0 Å². The molecule has 1 atom stereocenters. The summed E-state index contributed by atoms with van der Waals surface area (Å²) in [5.74, 6) is -0.600. The molecule has 1 aliphatic carbocycles. The van der Waals surface area contributed by atoms with Gasteiger partial charge in [-0.1, -0.05) is 36.7 Å². The second kappa shape index (κ2) is 9.17. The second-order valence-electron chi connectivity index (χ2n) is 9.25. The number of carbonyl (C=O) groups excluding carboxylic acids is 3. The van der Waals surface area contributed by atoms with Crippen LogP contribution in [0.4, 0.5) is 0 Å². The topological polar surface area (TPSA) is 93.5 Å². The van der Waals surface area contributed by atoms with Crippen LogP contribution < -0.4 is 5.32 Å². The molecule has 9 heteroatoms. The number of rotatable bonds is 5. The molecular formula is C24H29ClN4O4. The maximum Gasteiger partial charge on any atom is 0.358 e. The molecule has 1 fully saturated rings. The van der Waals surface area contributed by atoms with Crippen molar-refractivity contribution in [3.63, 3.8) is 0 Å². The summed E-state index contributed by atoms with van der Waals surface area (Å²) in [6.45, 7) is 4.24. The van der Waals surface area contributed by atoms with Crippen molar-refractivity contribution >= 4 is 29.4 Å². The number of amides is 2. The quantitative estimate of drug-likeness (QED) is 0.673. The predicted molar refractivity (Wildman–Crippen MR) is 123 cm³/mol. The van der Waals surface area contributed by atoms with Gasteiger partial charge in [-0.2, -0.15) is 5.10 Å². The van der Waals surface area contributed by atoms with Crippen LogP contribution in [0, 0.1) is 5.92 Å². The maximum absolute atomic E-state index is 13.6. The van der Waals surface area contributed by atoms with Crippen LogP contribution in [0.25, 0.3) is 0 Å². The maximum atomic E-state index is 13.6. The standard InChI is InChI=1S/C24H29ClN4O4/c1-15-8-10-17(11-9-15)26-23(32)24(2)14-29-20(12-19(27-29)22(31)33-3)21(30)28(24)13-16-6-4-5-7-18(16)25/h4-7,12,15,17H,8-11,13-14H2,1-3H3,(H,26,32)/t15?,17?,24-/m1/s1. The molecule has 1 N–H and O–H groups in total. The van der Waals surface area contributed by atoms with Crippen LogP contribution in [0.1, 0.15) is 66.1 Å². The lowest BCUT2D eigenvalue weighted by molar-refractivity contribution is -0.134. The van der Waals surface area contributed by atoms with E-state index in [1.165, 1.54) is 22.8 Å². The van der Waals surface area contributed by atoms with Gasteiger partial charge in [0.05, 0.1) is 13.7 Å². The molecule has 0 bridgehead atoms. The van der Waals surface area contributed by atoms with E-state index in [0.717, 1.165) is 31.2 Å². The highest BCUT2D eigenvalue weighted by molar-refractivity contribution is 6.31. The molecule has 2 amide bonds. The number of benzene rings is 1. The summed E-state index contributed by atoms with van der Waals surface area (Å²) in [6.07, 6.45) is 3.97. The van der Waals surface area contributed by atoms with Gasteiger partial charge < -0.3 is 15.0 Å². The normalized spacial score (nSPS) is 24.8. The molecule has 33 heavy (non-hydrogen) atoms. The first-order valence-electron chi connectivity index (χ1n) is 11.3. The summed E-state index contributed by atoms with van der Waals surface area (Å²) in [4.78, 5) is 40.8. The average molecular weight is 473 g/mol. The zero-order valence-electron chi connectivity index (χ0n) is 19.1. The van der Waals surface area contributed by atoms with E-state index in [1.54, 1.807) is 13.0 Å². The van der Waals surface area contributed by atoms with Crippen molar-refractivity contribution in [3.05, 3.63) is 52.3 Å². The van der Waals surface area contributed by atoms with Gasteiger partial charge in [0.2, 0.25) is 5.91 Å². The summed E-state index contributed by atoms with van der Waals surface area (Å²) in [5.41, 5.74) is -0.214. The van der Waals surface area contributed by atoms with Gasteiger partial charge in [0, 0.05) is 23.7 Å². The molecule has 2 aliphatic rings. The Morgan fingerprint density at radius 2 is 1.94 bits per heavy atom. The fraction of sp³-hybridized carbons (Fsp3) is 0.500. The minimum atomic E-state index is -1.22. The van der Waals surface area contributed by atoms with Crippen molar-refractivity contribution in [2.24, 2.45) is 5.92 Å². The van der Waals surface area contributed by atoms with Crippen LogP contribution in [0.15, 0.2) is 30.3 Å². The summed E-state index contributed by atoms with van der Waals surface area (Å²) >= 11 is 6.38. The third kappa shape index (κ3) is 4.49. The summed E-state index contributed by atoms with van der Waals surface area (Å²) in [6, 6.07) is 8.74. The monoisotopic (exact) mass is 472 g/mol. The van der Waals surface area contributed by atoms with Gasteiger partial charge in [-0.25, -0.2) is 4.79 Å². The molecular weight excluding hydrogens is 444 g/mol. The smallest absolute Gasteiger partial charge is 0.358 e. The van der Waals surface area contributed by atoms with E-state index < -0.39 is 17.4 Å². The lowest BCUT2D eigenvalue weighted by Crippen LogP contribution is -2.64. The van der Waals surface area contributed by atoms with Crippen LogP contribution in [0.2, 0.25) is 5.02 Å². The number of halogens is 1. The summed E-state index contributed by atoms with van der Waals surface area (Å²) in [7, 11) is 1.26. The molecule has 1 aromatic heterocycles. The first-order valence-corrected chi connectivity index (χ1v) is 11.6. The molecule has 2 aromatic rings. The van der Waals surface area contributed by atoms with Gasteiger partial charge in [-0.15, -0.1) is 0 Å². The molecule has 0 spiro atoms. The lowest BCUT2D eigenvalue weighted by Gasteiger charge is -2.44. The van der Waals surface area contributed by atoms with E-state index >= 15 is 0 Å². The van der Waals surface area contributed by atoms with Gasteiger partial charge in [0.1, 0.15) is 11.2 Å². The van der Waals surface area contributed by atoms with Crippen LogP contribution >= 0.6 is 11.6 Å². The summed E-state index contributed by atoms with van der Waals surface area (Å²) in [5, 5.41) is 7.94. The van der Waals surface area contributed by atoms with Gasteiger partial charge >= 0.3 is 5.97 Å². The Bertz CT molecular complexity index is 1080. The van der Waals surface area contributed by atoms with Gasteiger partial charge in [0.25, 0.3) is 5.91 Å². The number of methoxy groups -OCH3 is 1. The van der Waals surface area contributed by atoms with Gasteiger partial charge in [-0.05, 0) is 50.2 Å². The largest absolute Gasteiger partial charge is 0.464 e. The Balaban J connectivity index is 1.68. The highest BCUT2D eigenvalue weighted by atomic mass is 35.5. The SMILES string of the molecule is COC(=O)c1cc2n(n1)C[C@](C)(C(=O)NC1CCC(C)CC1)N(Cc1ccccc1Cl)C2=O. The average Bonchev–Trinajstić information content (AvgIpc) is 3.22. The van der Waals surface area contributed by atoms with E-state index in [-0.39, 0.29) is 36.4 Å². The molecule has 1 saturated carbocycles. The number of carbonyl (C=O) groups is 3. The fourth-order valence-corrected chi connectivity index (χ4v) is 4.83. The lowest BCUT2D eigenvalue weighted by atomic mass is 9.86. The molecule has 0 saturated heterocycles. The van der Waals surface area contributed by atoms with Crippen LogP contribution in [-0.2, 0) is 22.6 Å². The molecule has 0 unspecified atom stereocenters. The Labute approximate surface area is 198 Å². The number of hydrogen-bond donors (Lipinski definition) is 1. The van der Waals surface area contributed by atoms with Crippen molar-refractivity contribution < 1.29 is 19.1 Å². The van der Waals surface area contributed by atoms with Crippen molar-refractivity contribution in [2.45, 2.75) is 64.2 Å². The Kier molecular flexibility index (Phi) is 6.47. The number of aromatic nitrogens is 2. The van der Waals surface area contributed by atoms with E-state index in [0.29, 0.717) is 10.9 Å². The number of nitrogens with zero attached hydrogens (tertiary/aromatic N) is 3. The predicted octanol–water partition coefficient (Wildman–Crippen LogP) is 3.43. The van der Waals surface area contributed by atoms with Crippen LogP contribution in [0.3, 0.4) is 0 Å². The zero-order valence-corrected chi connectivity index (χ0v) is 19.9. The first kappa shape index (κ1) is 23.3. The molecule has 1 aliphatic heterocycles. The third-order valence-corrected chi connectivity index (χ3v) is 7.19. The molecule has 176 valence electrons. The highest BCUT2D eigenvalue weighted by Gasteiger charge is 2.48. The van der Waals surface area contributed by atoms with E-state index in [4.69, 9.17) is 16.3 Å². The number of ether oxygens (including phenoxy) is 1. The van der Waals surface area contributed by atoms with Crippen molar-refractivity contribution in [3.8, 4) is 0 Å². The van der Waals surface area contributed by atoms with Crippen molar-refractivity contribution in [1.29, 1.82) is 0 Å². The second-order valence-corrected chi connectivity index (χ2v) is 9.66. The van der Waals surface area contributed by atoms with E-state index in [1.807, 2.05) is 18.2 Å². The molecule has 8 nitrogen and oxygen atoms in total. The fourth-order valence-electron chi connectivity index (χ4n) is 4.64. The number of hydrogen-bond acceptors (Lipinski definition) is 5. The van der Waals surface area contributed by atoms with Crippen molar-refractivity contribution in [2.75, 3.05) is 7.11 Å². The molecule has 0 radical (unpaired) electrons. The minimum absolute atomic E-state index is 0.0319. The Morgan fingerprint density at radius 3 is 2.61 bits per heavy atom.